The zero-order valence-corrected chi connectivity index (χ0v) is 10.2. The lowest BCUT2D eigenvalue weighted by molar-refractivity contribution is 0.0859. The molecule has 2 atom stereocenters. The summed E-state index contributed by atoms with van der Waals surface area (Å²) in [7, 11) is 0. The summed E-state index contributed by atoms with van der Waals surface area (Å²) in [6.07, 6.45) is 3.37. The minimum Gasteiger partial charge on any atom is -0.396 e. The minimum atomic E-state index is -0.724. The molecule has 98 valence electrons. The average molecular weight is 251 g/mol. The number of aromatic nitrogens is 4. The molecule has 7 heteroatoms. The Morgan fingerprint density at radius 2 is 2.11 bits per heavy atom. The summed E-state index contributed by atoms with van der Waals surface area (Å²) in [5, 5.41) is 19.0. The molecule has 7 nitrogen and oxygen atoms in total. The van der Waals surface area contributed by atoms with Crippen LogP contribution in [0.25, 0.3) is 11.2 Å². The number of nitrogens with two attached hydrogens (primary N) is 1. The fourth-order valence-corrected chi connectivity index (χ4v) is 1.75. The Bertz CT molecular complexity index is 527. The second-order valence-electron chi connectivity index (χ2n) is 4.43. The van der Waals surface area contributed by atoms with Crippen molar-refractivity contribution in [3.63, 3.8) is 0 Å². The molecule has 2 unspecified atom stereocenters. The number of aliphatic hydroxyl groups excluding tert-OH is 2. The van der Waals surface area contributed by atoms with Crippen LogP contribution in [0, 0.1) is 5.92 Å². The van der Waals surface area contributed by atoms with E-state index in [4.69, 9.17) is 10.8 Å². The zero-order chi connectivity index (χ0) is 13.1. The first-order chi connectivity index (χ1) is 8.63. The van der Waals surface area contributed by atoms with Crippen molar-refractivity contribution in [2.75, 3.05) is 12.3 Å². The maximum Gasteiger partial charge on any atom is 0.167 e. The van der Waals surface area contributed by atoms with Gasteiger partial charge in [-0.1, -0.05) is 6.92 Å². The molecule has 2 rings (SSSR count). The van der Waals surface area contributed by atoms with Gasteiger partial charge in [-0.15, -0.1) is 0 Å². The molecule has 0 aliphatic carbocycles. The predicted molar refractivity (Wildman–Crippen MR) is 66.5 cm³/mol. The summed E-state index contributed by atoms with van der Waals surface area (Å²) < 4.78 is 1.57. The van der Waals surface area contributed by atoms with Gasteiger partial charge in [0.15, 0.2) is 11.5 Å². The Balaban J connectivity index is 2.18. The molecule has 0 spiro atoms. The molecule has 4 N–H and O–H groups in total. The molecule has 0 fully saturated rings. The number of hydrogen-bond acceptors (Lipinski definition) is 6. The first-order valence-electron chi connectivity index (χ1n) is 5.85. The van der Waals surface area contributed by atoms with Gasteiger partial charge in [-0.05, 0) is 18.8 Å². The van der Waals surface area contributed by atoms with Crippen molar-refractivity contribution in [2.24, 2.45) is 5.92 Å². The second kappa shape index (κ2) is 5.28. The van der Waals surface area contributed by atoms with Crippen LogP contribution in [0.5, 0.6) is 0 Å². The number of hydrogen-bond donors (Lipinski definition) is 3. The summed E-state index contributed by atoms with van der Waals surface area (Å²) in [5.74, 6) is 0.462. The molecule has 0 bridgehead atoms. The second-order valence-corrected chi connectivity index (χ2v) is 4.43. The number of fused-ring (bicyclic) bond motifs is 1. The molecule has 2 aromatic heterocycles. The van der Waals surface area contributed by atoms with E-state index < -0.39 is 6.23 Å². The molecule has 0 aliphatic rings. The van der Waals surface area contributed by atoms with Crippen LogP contribution in [-0.2, 0) is 0 Å². The largest absolute Gasteiger partial charge is 0.396 e. The molecule has 0 saturated heterocycles. The Labute approximate surface area is 104 Å². The van der Waals surface area contributed by atoms with E-state index in [-0.39, 0.29) is 12.5 Å². The first-order valence-corrected chi connectivity index (χ1v) is 5.85. The summed E-state index contributed by atoms with van der Waals surface area (Å²) in [6.45, 7) is 2.05. The van der Waals surface area contributed by atoms with Crippen molar-refractivity contribution in [1.82, 2.24) is 19.5 Å². The van der Waals surface area contributed by atoms with Crippen molar-refractivity contribution < 1.29 is 10.2 Å². The van der Waals surface area contributed by atoms with Crippen LogP contribution in [0.4, 0.5) is 5.82 Å². The van der Waals surface area contributed by atoms with E-state index in [2.05, 4.69) is 15.0 Å². The van der Waals surface area contributed by atoms with E-state index in [0.29, 0.717) is 23.4 Å². The molecule has 0 saturated carbocycles. The fourth-order valence-electron chi connectivity index (χ4n) is 1.75. The third kappa shape index (κ3) is 2.41. The van der Waals surface area contributed by atoms with Crippen LogP contribution >= 0.6 is 0 Å². The third-order valence-corrected chi connectivity index (χ3v) is 2.94. The number of aliphatic hydroxyl groups is 2. The van der Waals surface area contributed by atoms with Crippen molar-refractivity contribution in [3.05, 3.63) is 12.7 Å². The van der Waals surface area contributed by atoms with Gasteiger partial charge >= 0.3 is 0 Å². The summed E-state index contributed by atoms with van der Waals surface area (Å²) in [6, 6.07) is 0. The van der Waals surface area contributed by atoms with Crippen molar-refractivity contribution in [3.8, 4) is 0 Å². The van der Waals surface area contributed by atoms with Gasteiger partial charge in [0.2, 0.25) is 0 Å². The highest BCUT2D eigenvalue weighted by Gasteiger charge is 2.14. The van der Waals surface area contributed by atoms with E-state index in [0.717, 1.165) is 6.42 Å². The van der Waals surface area contributed by atoms with E-state index in [1.807, 2.05) is 6.92 Å². The molecule has 0 aromatic carbocycles. The van der Waals surface area contributed by atoms with Crippen LogP contribution < -0.4 is 5.73 Å². The molecule has 0 aliphatic heterocycles. The number of rotatable bonds is 5. The normalized spacial score (nSPS) is 14.8. The molecule has 0 radical (unpaired) electrons. The fraction of sp³-hybridized carbons (Fsp3) is 0.545. The maximum atomic E-state index is 10.1. The van der Waals surface area contributed by atoms with Crippen LogP contribution in [0.2, 0.25) is 0 Å². The summed E-state index contributed by atoms with van der Waals surface area (Å²) >= 11 is 0. The van der Waals surface area contributed by atoms with Crippen LogP contribution in [0.3, 0.4) is 0 Å². The highest BCUT2D eigenvalue weighted by molar-refractivity contribution is 5.81. The molecule has 2 heterocycles. The van der Waals surface area contributed by atoms with Gasteiger partial charge in [0, 0.05) is 6.61 Å². The minimum absolute atomic E-state index is 0.118. The molecule has 2 aromatic rings. The lowest BCUT2D eigenvalue weighted by Crippen LogP contribution is -2.11. The van der Waals surface area contributed by atoms with Gasteiger partial charge in [0.1, 0.15) is 18.1 Å². The summed E-state index contributed by atoms with van der Waals surface area (Å²) in [5.41, 5.74) is 6.68. The molecule has 0 amide bonds. The lowest BCUT2D eigenvalue weighted by Gasteiger charge is -2.14. The van der Waals surface area contributed by atoms with E-state index in [9.17, 15) is 5.11 Å². The van der Waals surface area contributed by atoms with Gasteiger partial charge in [0.05, 0.1) is 6.33 Å². The molecular formula is C11H17N5O2. The number of nitrogen functional groups attached to an aromatic ring is 1. The number of imidazole rings is 1. The molecular weight excluding hydrogens is 234 g/mol. The van der Waals surface area contributed by atoms with Crippen LogP contribution in [0.15, 0.2) is 12.7 Å². The Morgan fingerprint density at radius 3 is 2.83 bits per heavy atom. The highest BCUT2D eigenvalue weighted by atomic mass is 16.3. The van der Waals surface area contributed by atoms with E-state index >= 15 is 0 Å². The van der Waals surface area contributed by atoms with Gasteiger partial charge in [-0.25, -0.2) is 15.0 Å². The zero-order valence-electron chi connectivity index (χ0n) is 10.2. The average Bonchev–Trinajstić information content (AvgIpc) is 2.81. The van der Waals surface area contributed by atoms with Gasteiger partial charge in [-0.2, -0.15) is 0 Å². The van der Waals surface area contributed by atoms with Crippen LogP contribution in [0.1, 0.15) is 26.0 Å². The van der Waals surface area contributed by atoms with Gasteiger partial charge in [-0.3, -0.25) is 4.57 Å². The lowest BCUT2D eigenvalue weighted by atomic mass is 10.1. The van der Waals surface area contributed by atoms with E-state index in [1.165, 1.54) is 12.7 Å². The predicted octanol–water partition coefficient (Wildman–Crippen LogP) is 0.308. The van der Waals surface area contributed by atoms with Crippen LogP contribution in [-0.4, -0.2) is 36.3 Å². The first kappa shape index (κ1) is 12.7. The Morgan fingerprint density at radius 1 is 1.33 bits per heavy atom. The number of anilines is 1. The van der Waals surface area contributed by atoms with Crippen molar-refractivity contribution in [1.29, 1.82) is 0 Å². The standard InChI is InChI=1S/C11H17N5O2/c1-7(4-17)2-3-8(18)16-6-15-9-10(12)13-5-14-11(9)16/h5-8,17-18H,2-4H2,1H3,(H2,12,13,14). The number of nitrogens with zero attached hydrogens (tertiary/aromatic N) is 4. The quantitative estimate of drug-likeness (QED) is 0.705. The van der Waals surface area contributed by atoms with Gasteiger partial charge in [0.25, 0.3) is 0 Å². The SMILES string of the molecule is CC(CO)CCC(O)n1cnc2c(N)ncnc21. The monoisotopic (exact) mass is 251 g/mol. The smallest absolute Gasteiger partial charge is 0.167 e. The summed E-state index contributed by atoms with van der Waals surface area (Å²) in [4.78, 5) is 12.0. The topological polar surface area (TPSA) is 110 Å². The van der Waals surface area contributed by atoms with E-state index in [1.54, 1.807) is 4.57 Å². The Hall–Kier alpha value is -1.73. The maximum absolute atomic E-state index is 10.1. The van der Waals surface area contributed by atoms with Crippen molar-refractivity contribution in [2.45, 2.75) is 26.0 Å². The highest BCUT2D eigenvalue weighted by Crippen LogP contribution is 2.21. The molecule has 18 heavy (non-hydrogen) atoms. The van der Waals surface area contributed by atoms with Gasteiger partial charge < -0.3 is 15.9 Å². The van der Waals surface area contributed by atoms with Crippen molar-refractivity contribution >= 4 is 17.0 Å². The third-order valence-electron chi connectivity index (χ3n) is 2.94. The Kier molecular flexibility index (Phi) is 3.73.